The molecule has 1 aromatic heterocycles. The number of rotatable bonds is 9. The number of hydrogen-bond donors (Lipinski definition) is 3. The van der Waals surface area contributed by atoms with Crippen LogP contribution in [0.4, 0.5) is 33.2 Å². The number of benzene rings is 2. The van der Waals surface area contributed by atoms with Crippen molar-refractivity contribution in [2.75, 3.05) is 42.9 Å². The SMILES string of the molecule is COc1cc(Nc2ncc(F)c(Nc3cccc(C)c3NS(C)(=O)=O)n2)cc(OC)c1OC. The molecule has 0 saturated heterocycles. The molecule has 0 saturated carbocycles. The maximum absolute atomic E-state index is 14.5. The molecule has 1 heterocycles. The van der Waals surface area contributed by atoms with Crippen LogP contribution in [0, 0.1) is 12.7 Å². The number of sulfonamides is 1. The summed E-state index contributed by atoms with van der Waals surface area (Å²) in [5.74, 6) is 0.447. The summed E-state index contributed by atoms with van der Waals surface area (Å²) in [6.07, 6.45) is 2.03. The molecule has 33 heavy (non-hydrogen) atoms. The Balaban J connectivity index is 1.94. The van der Waals surface area contributed by atoms with Gasteiger partial charge in [-0.2, -0.15) is 4.98 Å². The zero-order chi connectivity index (χ0) is 24.2. The number of anilines is 5. The van der Waals surface area contributed by atoms with E-state index in [0.29, 0.717) is 34.2 Å². The van der Waals surface area contributed by atoms with Crippen LogP contribution >= 0.6 is 0 Å². The average molecular weight is 478 g/mol. The van der Waals surface area contributed by atoms with Gasteiger partial charge in [-0.1, -0.05) is 12.1 Å². The molecule has 0 amide bonds. The molecule has 0 aliphatic heterocycles. The topological polar surface area (TPSA) is 124 Å². The number of aromatic nitrogens is 2. The minimum atomic E-state index is -3.56. The number of hydrogen-bond acceptors (Lipinski definition) is 9. The van der Waals surface area contributed by atoms with E-state index in [1.807, 2.05) is 0 Å². The maximum atomic E-state index is 14.5. The number of para-hydroxylation sites is 1. The predicted molar refractivity (Wildman–Crippen MR) is 124 cm³/mol. The van der Waals surface area contributed by atoms with E-state index in [9.17, 15) is 12.8 Å². The molecule has 0 fully saturated rings. The lowest BCUT2D eigenvalue weighted by molar-refractivity contribution is 0.324. The molecule has 0 aliphatic rings. The van der Waals surface area contributed by atoms with Gasteiger partial charge in [0.2, 0.25) is 21.7 Å². The number of ether oxygens (including phenoxy) is 3. The second-order valence-electron chi connectivity index (χ2n) is 6.93. The van der Waals surface area contributed by atoms with Crippen molar-refractivity contribution in [2.45, 2.75) is 6.92 Å². The van der Waals surface area contributed by atoms with E-state index in [2.05, 4.69) is 25.3 Å². The van der Waals surface area contributed by atoms with Crippen LogP contribution in [0.1, 0.15) is 5.56 Å². The van der Waals surface area contributed by atoms with Crippen LogP contribution in [0.3, 0.4) is 0 Å². The second-order valence-corrected chi connectivity index (χ2v) is 8.67. The number of methoxy groups -OCH3 is 3. The van der Waals surface area contributed by atoms with Gasteiger partial charge in [0.1, 0.15) is 0 Å². The number of aryl methyl sites for hydroxylation is 1. The normalized spacial score (nSPS) is 11.0. The molecule has 0 unspecified atom stereocenters. The summed E-state index contributed by atoms with van der Waals surface area (Å²) in [6.45, 7) is 1.73. The van der Waals surface area contributed by atoms with Gasteiger partial charge in [-0.05, 0) is 18.6 Å². The highest BCUT2D eigenvalue weighted by Crippen LogP contribution is 2.40. The molecule has 3 N–H and O–H groups in total. The first-order valence-electron chi connectivity index (χ1n) is 9.59. The summed E-state index contributed by atoms with van der Waals surface area (Å²) < 4.78 is 56.4. The quantitative estimate of drug-likeness (QED) is 0.422. The molecule has 0 spiro atoms. The molecular formula is C21H24FN5O5S. The van der Waals surface area contributed by atoms with Crippen molar-refractivity contribution in [2.24, 2.45) is 0 Å². The van der Waals surface area contributed by atoms with E-state index >= 15 is 0 Å². The third kappa shape index (κ3) is 5.71. The van der Waals surface area contributed by atoms with Crippen molar-refractivity contribution in [3.05, 3.63) is 47.9 Å². The highest BCUT2D eigenvalue weighted by molar-refractivity contribution is 7.92. The predicted octanol–water partition coefficient (Wildman–Crippen LogP) is 3.81. The largest absolute Gasteiger partial charge is 0.493 e. The van der Waals surface area contributed by atoms with Gasteiger partial charge in [0.05, 0.1) is 45.2 Å². The molecule has 3 rings (SSSR count). The smallest absolute Gasteiger partial charge is 0.229 e. The van der Waals surface area contributed by atoms with E-state index in [1.54, 1.807) is 37.3 Å². The fourth-order valence-electron chi connectivity index (χ4n) is 3.02. The van der Waals surface area contributed by atoms with Gasteiger partial charge in [-0.15, -0.1) is 0 Å². The van der Waals surface area contributed by atoms with Gasteiger partial charge < -0.3 is 24.8 Å². The first kappa shape index (κ1) is 23.9. The Bertz CT molecular complexity index is 1240. The Kier molecular flexibility index (Phi) is 7.07. The van der Waals surface area contributed by atoms with Crippen LogP contribution in [-0.4, -0.2) is 46.0 Å². The number of halogens is 1. The van der Waals surface area contributed by atoms with Crippen molar-refractivity contribution in [3.63, 3.8) is 0 Å². The van der Waals surface area contributed by atoms with Crippen molar-refractivity contribution >= 4 is 38.9 Å². The van der Waals surface area contributed by atoms with E-state index < -0.39 is 15.8 Å². The molecule has 2 aromatic carbocycles. The third-order valence-corrected chi connectivity index (χ3v) is 5.05. The van der Waals surface area contributed by atoms with Gasteiger partial charge in [0.15, 0.2) is 23.1 Å². The number of nitrogens with one attached hydrogen (secondary N) is 3. The zero-order valence-corrected chi connectivity index (χ0v) is 19.5. The fourth-order valence-corrected chi connectivity index (χ4v) is 3.66. The molecule has 0 aliphatic carbocycles. The first-order valence-corrected chi connectivity index (χ1v) is 11.5. The Morgan fingerprint density at radius 3 is 2.24 bits per heavy atom. The van der Waals surface area contributed by atoms with Gasteiger partial charge in [0.25, 0.3) is 0 Å². The zero-order valence-electron chi connectivity index (χ0n) is 18.7. The molecule has 12 heteroatoms. The lowest BCUT2D eigenvalue weighted by Crippen LogP contribution is -2.13. The highest BCUT2D eigenvalue weighted by atomic mass is 32.2. The minimum absolute atomic E-state index is 0.0819. The Labute approximate surface area is 191 Å². The van der Waals surface area contributed by atoms with Crippen LogP contribution in [0.5, 0.6) is 17.2 Å². The van der Waals surface area contributed by atoms with Crippen LogP contribution < -0.4 is 29.6 Å². The summed E-state index contributed by atoms with van der Waals surface area (Å²) >= 11 is 0. The Morgan fingerprint density at radius 2 is 1.67 bits per heavy atom. The standard InChI is InChI=1S/C21H24FN5O5S/c1-12-7-6-8-15(18(12)27-33(5,28)29)25-20-14(22)11-23-21(26-20)24-13-9-16(30-2)19(32-4)17(10-13)31-3/h6-11,27H,1-5H3,(H2,23,24,25,26). The summed E-state index contributed by atoms with van der Waals surface area (Å²) in [5.41, 5.74) is 1.78. The molecule has 10 nitrogen and oxygen atoms in total. The van der Waals surface area contributed by atoms with Crippen molar-refractivity contribution in [3.8, 4) is 17.2 Å². The first-order chi connectivity index (χ1) is 15.6. The van der Waals surface area contributed by atoms with Crippen molar-refractivity contribution in [1.29, 1.82) is 0 Å². The Hall–Kier alpha value is -3.80. The summed E-state index contributed by atoms with van der Waals surface area (Å²) in [4.78, 5) is 8.15. The average Bonchev–Trinajstić information content (AvgIpc) is 2.76. The van der Waals surface area contributed by atoms with E-state index in [4.69, 9.17) is 14.2 Å². The van der Waals surface area contributed by atoms with Gasteiger partial charge in [-0.25, -0.2) is 17.8 Å². The van der Waals surface area contributed by atoms with Crippen LogP contribution in [-0.2, 0) is 10.0 Å². The molecule has 0 bridgehead atoms. The monoisotopic (exact) mass is 477 g/mol. The van der Waals surface area contributed by atoms with E-state index in [0.717, 1.165) is 12.5 Å². The highest BCUT2D eigenvalue weighted by Gasteiger charge is 2.16. The second kappa shape index (κ2) is 9.77. The molecular weight excluding hydrogens is 453 g/mol. The fraction of sp³-hybridized carbons (Fsp3) is 0.238. The molecule has 176 valence electrons. The lowest BCUT2D eigenvalue weighted by Gasteiger charge is -2.16. The lowest BCUT2D eigenvalue weighted by atomic mass is 10.2. The van der Waals surface area contributed by atoms with E-state index in [1.165, 1.54) is 21.3 Å². The van der Waals surface area contributed by atoms with Crippen molar-refractivity contribution in [1.82, 2.24) is 9.97 Å². The minimum Gasteiger partial charge on any atom is -0.493 e. The summed E-state index contributed by atoms with van der Waals surface area (Å²) in [7, 11) is 0.913. The maximum Gasteiger partial charge on any atom is 0.229 e. The van der Waals surface area contributed by atoms with Crippen LogP contribution in [0.2, 0.25) is 0 Å². The number of nitrogens with zero attached hydrogens (tertiary/aromatic N) is 2. The van der Waals surface area contributed by atoms with Gasteiger partial charge >= 0.3 is 0 Å². The summed E-state index contributed by atoms with van der Waals surface area (Å²) in [6, 6.07) is 8.34. The van der Waals surface area contributed by atoms with Crippen molar-refractivity contribution < 1.29 is 27.0 Å². The summed E-state index contributed by atoms with van der Waals surface area (Å²) in [5, 5.41) is 5.80. The Morgan fingerprint density at radius 1 is 1.00 bits per heavy atom. The van der Waals surface area contributed by atoms with Crippen LogP contribution in [0.25, 0.3) is 0 Å². The van der Waals surface area contributed by atoms with Gasteiger partial charge in [-0.3, -0.25) is 4.72 Å². The third-order valence-electron chi connectivity index (χ3n) is 4.48. The molecule has 0 radical (unpaired) electrons. The molecule has 3 aromatic rings. The molecule has 0 atom stereocenters. The van der Waals surface area contributed by atoms with E-state index in [-0.39, 0.29) is 17.5 Å². The van der Waals surface area contributed by atoms with Gasteiger partial charge in [0, 0.05) is 17.8 Å². The van der Waals surface area contributed by atoms with Crippen LogP contribution in [0.15, 0.2) is 36.5 Å².